The fraction of sp³-hybridized carbons (Fsp3) is 0.278. The fourth-order valence-electron chi connectivity index (χ4n) is 2.88. The molecule has 0 aromatic heterocycles. The third kappa shape index (κ3) is 2.88. The van der Waals surface area contributed by atoms with Gasteiger partial charge in [-0.2, -0.15) is 0 Å². The number of β-amino-alcohol motifs (C(OH)–C–C–N with tert-alkyl or cyclic N) is 1. The third-order valence-electron chi connectivity index (χ3n) is 4.04. The number of carbonyl (C=O) groups excluding carboxylic acids is 1. The fourth-order valence-corrected chi connectivity index (χ4v) is 2.88. The number of halogens is 1. The number of alkyl halides is 1. The van der Waals surface area contributed by atoms with E-state index in [9.17, 15) is 14.3 Å². The van der Waals surface area contributed by atoms with Crippen LogP contribution in [0.15, 0.2) is 60.7 Å². The van der Waals surface area contributed by atoms with E-state index in [1.54, 1.807) is 0 Å². The lowest BCUT2D eigenvalue weighted by Gasteiger charge is -2.24. The molecule has 0 unspecified atom stereocenters. The van der Waals surface area contributed by atoms with Crippen LogP contribution in [0.3, 0.4) is 0 Å². The van der Waals surface area contributed by atoms with Crippen LogP contribution in [0, 0.1) is 0 Å². The van der Waals surface area contributed by atoms with E-state index in [1.807, 2.05) is 60.7 Å². The minimum atomic E-state index is -1.36. The number of benzene rings is 2. The number of hydrogen-bond donors (Lipinski definition) is 1. The van der Waals surface area contributed by atoms with Crippen molar-refractivity contribution in [2.45, 2.75) is 18.2 Å². The molecule has 1 aliphatic rings. The van der Waals surface area contributed by atoms with E-state index < -0.39 is 18.2 Å². The van der Waals surface area contributed by atoms with E-state index in [1.165, 1.54) is 4.90 Å². The Kier molecular flexibility index (Phi) is 4.20. The Bertz CT molecular complexity index is 583. The number of amides is 1. The molecule has 2 aromatic carbocycles. The summed E-state index contributed by atoms with van der Waals surface area (Å²) in [6.07, 6.45) is -2.45. The molecular weight excluding hydrogens is 281 g/mol. The van der Waals surface area contributed by atoms with Gasteiger partial charge in [0.15, 0.2) is 0 Å². The van der Waals surface area contributed by atoms with Crippen LogP contribution in [-0.4, -0.2) is 41.3 Å². The van der Waals surface area contributed by atoms with E-state index >= 15 is 0 Å². The topological polar surface area (TPSA) is 40.5 Å². The first-order chi connectivity index (χ1) is 10.7. The Morgan fingerprint density at radius 1 is 1.00 bits per heavy atom. The van der Waals surface area contributed by atoms with Gasteiger partial charge in [0.1, 0.15) is 12.3 Å². The monoisotopic (exact) mass is 299 g/mol. The van der Waals surface area contributed by atoms with Crippen molar-refractivity contribution >= 4 is 5.91 Å². The zero-order chi connectivity index (χ0) is 15.5. The zero-order valence-electron chi connectivity index (χ0n) is 12.1. The Morgan fingerprint density at radius 3 is 1.91 bits per heavy atom. The smallest absolute Gasteiger partial charge is 0.234 e. The van der Waals surface area contributed by atoms with Crippen molar-refractivity contribution in [2.75, 3.05) is 13.1 Å². The highest BCUT2D eigenvalue weighted by Gasteiger charge is 2.37. The van der Waals surface area contributed by atoms with Crippen molar-refractivity contribution in [2.24, 2.45) is 0 Å². The molecule has 2 atom stereocenters. The molecule has 3 nitrogen and oxygen atoms in total. The highest BCUT2D eigenvalue weighted by molar-refractivity contribution is 5.87. The highest BCUT2D eigenvalue weighted by atomic mass is 19.1. The lowest BCUT2D eigenvalue weighted by molar-refractivity contribution is -0.131. The Labute approximate surface area is 129 Å². The van der Waals surface area contributed by atoms with Crippen LogP contribution in [-0.2, 0) is 4.79 Å². The van der Waals surface area contributed by atoms with E-state index in [4.69, 9.17) is 0 Å². The summed E-state index contributed by atoms with van der Waals surface area (Å²) in [4.78, 5) is 14.3. The molecule has 0 aliphatic carbocycles. The first kappa shape index (κ1) is 14.7. The van der Waals surface area contributed by atoms with Crippen LogP contribution in [0.1, 0.15) is 17.0 Å². The molecule has 1 heterocycles. The second-order valence-electron chi connectivity index (χ2n) is 5.58. The summed E-state index contributed by atoms with van der Waals surface area (Å²) in [7, 11) is 0. The van der Waals surface area contributed by atoms with Crippen LogP contribution in [0.25, 0.3) is 0 Å². The van der Waals surface area contributed by atoms with E-state index in [2.05, 4.69) is 0 Å². The highest BCUT2D eigenvalue weighted by Crippen LogP contribution is 2.28. The molecule has 1 amide bonds. The van der Waals surface area contributed by atoms with Crippen molar-refractivity contribution in [3.05, 3.63) is 71.8 Å². The van der Waals surface area contributed by atoms with Gasteiger partial charge in [0.2, 0.25) is 5.91 Å². The van der Waals surface area contributed by atoms with Crippen LogP contribution >= 0.6 is 0 Å². The van der Waals surface area contributed by atoms with E-state index in [0.29, 0.717) is 0 Å². The van der Waals surface area contributed by atoms with Gasteiger partial charge >= 0.3 is 0 Å². The van der Waals surface area contributed by atoms with Gasteiger partial charge in [-0.05, 0) is 11.1 Å². The average molecular weight is 299 g/mol. The second kappa shape index (κ2) is 6.28. The summed E-state index contributed by atoms with van der Waals surface area (Å²) < 4.78 is 13.6. The first-order valence-corrected chi connectivity index (χ1v) is 7.37. The van der Waals surface area contributed by atoms with Crippen molar-refractivity contribution in [1.82, 2.24) is 4.90 Å². The number of hydrogen-bond acceptors (Lipinski definition) is 2. The molecule has 2 aromatic rings. The molecular formula is C18H18FNO2. The Hall–Kier alpha value is -2.20. The van der Waals surface area contributed by atoms with Crippen molar-refractivity contribution < 1.29 is 14.3 Å². The first-order valence-electron chi connectivity index (χ1n) is 7.37. The minimum Gasteiger partial charge on any atom is -0.388 e. The van der Waals surface area contributed by atoms with Crippen molar-refractivity contribution in [3.63, 3.8) is 0 Å². The quantitative estimate of drug-likeness (QED) is 0.945. The zero-order valence-corrected chi connectivity index (χ0v) is 12.1. The van der Waals surface area contributed by atoms with Crippen molar-refractivity contribution in [1.29, 1.82) is 0 Å². The van der Waals surface area contributed by atoms with E-state index in [0.717, 1.165) is 11.1 Å². The molecule has 1 N–H and O–H groups in total. The number of likely N-dealkylation sites (tertiary alicyclic amines) is 1. The van der Waals surface area contributed by atoms with Gasteiger partial charge in [-0.15, -0.1) is 0 Å². The summed E-state index contributed by atoms with van der Waals surface area (Å²) in [6.45, 7) is 0.00628. The molecule has 0 bridgehead atoms. The molecule has 22 heavy (non-hydrogen) atoms. The predicted octanol–water partition coefficient (Wildman–Crippen LogP) is 2.36. The molecule has 1 aliphatic heterocycles. The minimum absolute atomic E-state index is 0.0455. The number of carbonyl (C=O) groups is 1. The number of rotatable bonds is 3. The largest absolute Gasteiger partial charge is 0.388 e. The summed E-state index contributed by atoms with van der Waals surface area (Å²) in [5, 5.41) is 9.57. The van der Waals surface area contributed by atoms with Gasteiger partial charge in [-0.3, -0.25) is 4.79 Å². The SMILES string of the molecule is O=C(C(c1ccccc1)c1ccccc1)N1C[C@@H](O)[C@H](F)C1. The van der Waals surface area contributed by atoms with E-state index in [-0.39, 0.29) is 19.0 Å². The van der Waals surface area contributed by atoms with Gasteiger partial charge in [0.25, 0.3) is 0 Å². The van der Waals surface area contributed by atoms with Gasteiger partial charge in [0, 0.05) is 6.54 Å². The molecule has 114 valence electrons. The van der Waals surface area contributed by atoms with Gasteiger partial charge < -0.3 is 10.0 Å². The van der Waals surface area contributed by atoms with Crippen LogP contribution in [0.2, 0.25) is 0 Å². The molecule has 3 rings (SSSR count). The van der Waals surface area contributed by atoms with Gasteiger partial charge in [-0.25, -0.2) is 4.39 Å². The Morgan fingerprint density at radius 2 is 1.50 bits per heavy atom. The predicted molar refractivity (Wildman–Crippen MR) is 82.2 cm³/mol. The lowest BCUT2D eigenvalue weighted by atomic mass is 9.90. The standard InChI is InChI=1S/C18H18FNO2/c19-15-11-20(12-16(15)21)18(22)17(13-7-3-1-4-8-13)14-9-5-2-6-10-14/h1-10,15-17,21H,11-12H2/t15-,16-/m1/s1. The number of aliphatic hydroxyl groups is 1. The third-order valence-corrected chi connectivity index (χ3v) is 4.04. The van der Waals surface area contributed by atoms with Crippen LogP contribution in [0.4, 0.5) is 4.39 Å². The average Bonchev–Trinajstić information content (AvgIpc) is 2.89. The molecule has 0 spiro atoms. The summed E-state index contributed by atoms with van der Waals surface area (Å²) >= 11 is 0. The molecule has 4 heteroatoms. The van der Waals surface area contributed by atoms with Crippen LogP contribution < -0.4 is 0 Å². The molecule has 1 saturated heterocycles. The summed E-state index contributed by atoms with van der Waals surface area (Å²) in [5.41, 5.74) is 1.74. The summed E-state index contributed by atoms with van der Waals surface area (Å²) in [6, 6.07) is 18.9. The molecule has 0 radical (unpaired) electrons. The number of aliphatic hydroxyl groups excluding tert-OH is 1. The number of nitrogens with zero attached hydrogens (tertiary/aromatic N) is 1. The normalized spacial score (nSPS) is 21.3. The maximum Gasteiger partial charge on any atom is 0.234 e. The lowest BCUT2D eigenvalue weighted by Crippen LogP contribution is -2.34. The molecule has 1 fully saturated rings. The maximum absolute atomic E-state index is 13.6. The van der Waals surface area contributed by atoms with Crippen LogP contribution in [0.5, 0.6) is 0 Å². The van der Waals surface area contributed by atoms with Crippen molar-refractivity contribution in [3.8, 4) is 0 Å². The van der Waals surface area contributed by atoms with Gasteiger partial charge in [0.05, 0.1) is 12.5 Å². The second-order valence-corrected chi connectivity index (χ2v) is 5.58. The Balaban J connectivity index is 1.94. The maximum atomic E-state index is 13.6. The van der Waals surface area contributed by atoms with Gasteiger partial charge in [-0.1, -0.05) is 60.7 Å². The summed E-state index contributed by atoms with van der Waals surface area (Å²) in [5.74, 6) is -0.642. The molecule has 0 saturated carbocycles.